The molecule has 8 nitrogen and oxygen atoms in total. The highest BCUT2D eigenvalue weighted by molar-refractivity contribution is 5.70. The third-order valence-corrected chi connectivity index (χ3v) is 6.29. The zero-order valence-electron chi connectivity index (χ0n) is 20.3. The predicted octanol–water partition coefficient (Wildman–Crippen LogP) is 3.70. The topological polar surface area (TPSA) is 97.7 Å². The third-order valence-electron chi connectivity index (χ3n) is 6.29. The summed E-state index contributed by atoms with van der Waals surface area (Å²) in [6.07, 6.45) is -3.18. The van der Waals surface area contributed by atoms with Crippen molar-refractivity contribution in [2.24, 2.45) is 0 Å². The first-order valence-corrected chi connectivity index (χ1v) is 11.7. The lowest BCUT2D eigenvalue weighted by Gasteiger charge is -2.30. The van der Waals surface area contributed by atoms with Gasteiger partial charge in [-0.2, -0.15) is 0 Å². The van der Waals surface area contributed by atoms with Crippen LogP contribution in [0.1, 0.15) is 22.7 Å². The number of aliphatic hydroxyl groups is 2. The second-order valence-corrected chi connectivity index (χ2v) is 8.56. The van der Waals surface area contributed by atoms with Gasteiger partial charge in [-0.05, 0) is 28.8 Å². The van der Waals surface area contributed by atoms with E-state index in [1.54, 1.807) is 18.2 Å². The predicted molar refractivity (Wildman–Crippen MR) is 133 cm³/mol. The molecule has 8 heteroatoms. The Bertz CT molecular complexity index is 1130. The number of rotatable bonds is 9. The van der Waals surface area contributed by atoms with E-state index in [0.29, 0.717) is 23.7 Å². The van der Waals surface area contributed by atoms with Crippen LogP contribution in [0.2, 0.25) is 0 Å². The molecule has 3 aromatic rings. The van der Waals surface area contributed by atoms with E-state index in [-0.39, 0.29) is 13.2 Å². The van der Waals surface area contributed by atoms with Crippen LogP contribution in [0, 0.1) is 0 Å². The molecule has 190 valence electrons. The number of nitrogens with zero attached hydrogens (tertiary/aromatic N) is 1. The Hall–Kier alpha value is -3.59. The highest BCUT2D eigenvalue weighted by Gasteiger charge is 2.51. The fraction of sp³-hybridized carbons (Fsp3) is 0.321. The van der Waals surface area contributed by atoms with E-state index in [1.165, 1.54) is 19.1 Å². The van der Waals surface area contributed by atoms with Crippen molar-refractivity contribution in [3.8, 4) is 11.5 Å². The number of hydrogen-bond donors (Lipinski definition) is 2. The number of aliphatic hydroxyl groups excluding tert-OH is 2. The van der Waals surface area contributed by atoms with Crippen molar-refractivity contribution >= 4 is 6.09 Å². The first-order chi connectivity index (χ1) is 17.5. The van der Waals surface area contributed by atoms with E-state index < -0.39 is 30.4 Å². The first kappa shape index (κ1) is 25.5. The Morgan fingerprint density at radius 2 is 1.42 bits per heavy atom. The SMILES string of the molecule is COc1ccc([C@H]2[C@@H](O)[C@H](O)[C@@H](COCc3ccccc3)N2C(=O)OCc2ccccc2)cc1OC. The first-order valence-electron chi connectivity index (χ1n) is 11.7. The van der Waals surface area contributed by atoms with Crippen molar-refractivity contribution in [1.29, 1.82) is 0 Å². The van der Waals surface area contributed by atoms with Gasteiger partial charge in [-0.25, -0.2) is 4.79 Å². The van der Waals surface area contributed by atoms with Crippen LogP contribution in [-0.2, 0) is 22.7 Å². The van der Waals surface area contributed by atoms with Gasteiger partial charge in [0.25, 0.3) is 0 Å². The zero-order valence-corrected chi connectivity index (χ0v) is 20.3. The maximum absolute atomic E-state index is 13.4. The van der Waals surface area contributed by atoms with Crippen molar-refractivity contribution in [3.05, 3.63) is 95.6 Å². The van der Waals surface area contributed by atoms with Gasteiger partial charge in [-0.3, -0.25) is 4.90 Å². The minimum Gasteiger partial charge on any atom is -0.493 e. The molecule has 0 saturated carbocycles. The van der Waals surface area contributed by atoms with Gasteiger partial charge in [0.15, 0.2) is 11.5 Å². The molecular weight excluding hydrogens is 462 g/mol. The lowest BCUT2D eigenvalue weighted by molar-refractivity contribution is -0.00311. The number of methoxy groups -OCH3 is 2. The summed E-state index contributed by atoms with van der Waals surface area (Å²) in [7, 11) is 3.03. The molecule has 0 radical (unpaired) electrons. The molecule has 0 unspecified atom stereocenters. The van der Waals surface area contributed by atoms with Crippen LogP contribution in [0.3, 0.4) is 0 Å². The van der Waals surface area contributed by atoms with Crippen molar-refractivity contribution < 1.29 is 34.0 Å². The highest BCUT2D eigenvalue weighted by Crippen LogP contribution is 2.40. The lowest BCUT2D eigenvalue weighted by atomic mass is 10.0. The summed E-state index contributed by atoms with van der Waals surface area (Å²) < 4.78 is 22.2. The molecule has 2 N–H and O–H groups in total. The average molecular weight is 494 g/mol. The van der Waals surface area contributed by atoms with Crippen molar-refractivity contribution in [2.45, 2.75) is 37.5 Å². The van der Waals surface area contributed by atoms with Crippen LogP contribution >= 0.6 is 0 Å². The molecule has 1 aliphatic heterocycles. The molecule has 3 aromatic carbocycles. The van der Waals surface area contributed by atoms with Crippen LogP contribution < -0.4 is 9.47 Å². The van der Waals surface area contributed by atoms with Crippen LogP contribution in [0.5, 0.6) is 11.5 Å². The number of likely N-dealkylation sites (tertiary alicyclic amines) is 1. The number of ether oxygens (including phenoxy) is 4. The summed E-state index contributed by atoms with van der Waals surface area (Å²) in [5.41, 5.74) is 2.35. The van der Waals surface area contributed by atoms with E-state index in [1.807, 2.05) is 60.7 Å². The molecule has 1 fully saturated rings. The summed E-state index contributed by atoms with van der Waals surface area (Å²) in [5, 5.41) is 22.0. The van der Waals surface area contributed by atoms with Gasteiger partial charge in [-0.1, -0.05) is 66.7 Å². The normalized spacial score (nSPS) is 21.3. The highest BCUT2D eigenvalue weighted by atomic mass is 16.6. The van der Waals surface area contributed by atoms with Crippen LogP contribution in [0.15, 0.2) is 78.9 Å². The number of carbonyl (C=O) groups excluding carboxylic acids is 1. The van der Waals surface area contributed by atoms with E-state index in [2.05, 4.69) is 0 Å². The molecule has 36 heavy (non-hydrogen) atoms. The molecule has 4 rings (SSSR count). The van der Waals surface area contributed by atoms with Gasteiger partial charge in [0.1, 0.15) is 18.8 Å². The van der Waals surface area contributed by atoms with Gasteiger partial charge in [0, 0.05) is 0 Å². The van der Waals surface area contributed by atoms with Gasteiger partial charge >= 0.3 is 6.09 Å². The summed E-state index contributed by atoms with van der Waals surface area (Å²) in [6, 6.07) is 22.3. The van der Waals surface area contributed by atoms with Gasteiger partial charge in [0.05, 0.1) is 39.5 Å². The van der Waals surface area contributed by atoms with E-state index in [4.69, 9.17) is 18.9 Å². The van der Waals surface area contributed by atoms with E-state index in [0.717, 1.165) is 11.1 Å². The molecule has 1 aliphatic rings. The van der Waals surface area contributed by atoms with E-state index in [9.17, 15) is 15.0 Å². The fourth-order valence-electron chi connectivity index (χ4n) is 4.44. The average Bonchev–Trinajstić information content (AvgIpc) is 3.17. The summed E-state index contributed by atoms with van der Waals surface area (Å²) >= 11 is 0. The van der Waals surface area contributed by atoms with Crippen LogP contribution in [0.25, 0.3) is 0 Å². The maximum atomic E-state index is 13.4. The Morgan fingerprint density at radius 1 is 0.806 bits per heavy atom. The molecule has 0 bridgehead atoms. The zero-order chi connectivity index (χ0) is 25.5. The molecule has 1 heterocycles. The number of hydrogen-bond acceptors (Lipinski definition) is 7. The minimum absolute atomic E-state index is 0.0113. The Kier molecular flexibility index (Phi) is 8.43. The van der Waals surface area contributed by atoms with Gasteiger partial charge < -0.3 is 29.2 Å². The number of amides is 1. The Labute approximate surface area is 210 Å². The summed E-state index contributed by atoms with van der Waals surface area (Å²) in [4.78, 5) is 14.8. The van der Waals surface area contributed by atoms with Crippen molar-refractivity contribution in [2.75, 3.05) is 20.8 Å². The van der Waals surface area contributed by atoms with Crippen molar-refractivity contribution in [1.82, 2.24) is 4.90 Å². The third kappa shape index (κ3) is 5.62. The molecule has 1 amide bonds. The second-order valence-electron chi connectivity index (χ2n) is 8.56. The number of benzene rings is 3. The molecule has 0 aromatic heterocycles. The molecule has 0 aliphatic carbocycles. The quantitative estimate of drug-likeness (QED) is 0.469. The van der Waals surface area contributed by atoms with Crippen LogP contribution in [-0.4, -0.2) is 60.3 Å². The van der Waals surface area contributed by atoms with Gasteiger partial charge in [-0.15, -0.1) is 0 Å². The van der Waals surface area contributed by atoms with Gasteiger partial charge in [0.2, 0.25) is 0 Å². The Balaban J connectivity index is 1.59. The summed E-state index contributed by atoms with van der Waals surface area (Å²) in [5.74, 6) is 0.952. The largest absolute Gasteiger partial charge is 0.493 e. The molecule has 1 saturated heterocycles. The van der Waals surface area contributed by atoms with Crippen LogP contribution in [0.4, 0.5) is 4.79 Å². The number of carbonyl (C=O) groups is 1. The fourth-order valence-corrected chi connectivity index (χ4v) is 4.44. The molecule has 4 atom stereocenters. The van der Waals surface area contributed by atoms with Crippen molar-refractivity contribution in [3.63, 3.8) is 0 Å². The minimum atomic E-state index is -1.27. The lowest BCUT2D eigenvalue weighted by Crippen LogP contribution is -2.44. The molecule has 0 spiro atoms. The smallest absolute Gasteiger partial charge is 0.411 e. The molecular formula is C28H31NO7. The van der Waals surface area contributed by atoms with E-state index >= 15 is 0 Å². The summed E-state index contributed by atoms with van der Waals surface area (Å²) in [6.45, 7) is 0.365. The second kappa shape index (κ2) is 11.9. The Morgan fingerprint density at radius 3 is 2.03 bits per heavy atom. The maximum Gasteiger partial charge on any atom is 0.411 e. The standard InChI is InChI=1S/C28H31NO7/c1-33-23-14-13-21(15-24(23)34-2)25-27(31)26(30)22(18-35-16-19-9-5-3-6-10-19)29(25)28(32)36-17-20-11-7-4-8-12-20/h3-15,22,25-27,30-31H,16-18H2,1-2H3/t22-,25+,26-,27-/m1/s1. The monoisotopic (exact) mass is 493 g/mol.